The first-order valence-electron chi connectivity index (χ1n) is 14.1. The number of rotatable bonds is 10. The quantitative estimate of drug-likeness (QED) is 0.111. The van der Waals surface area contributed by atoms with Gasteiger partial charge in [0.25, 0.3) is 0 Å². The predicted molar refractivity (Wildman–Crippen MR) is 162 cm³/mol. The van der Waals surface area contributed by atoms with Crippen molar-refractivity contribution in [2.24, 2.45) is 0 Å². The Morgan fingerprint density at radius 1 is 0.591 bits per heavy atom. The summed E-state index contributed by atoms with van der Waals surface area (Å²) in [7, 11) is 0. The van der Waals surface area contributed by atoms with Gasteiger partial charge < -0.3 is 4.74 Å². The van der Waals surface area contributed by atoms with Crippen LogP contribution < -0.4 is 4.74 Å². The Morgan fingerprint density at radius 3 is 1.70 bits per heavy atom. The van der Waals surface area contributed by atoms with E-state index in [1.54, 1.807) is 6.07 Å². The summed E-state index contributed by atoms with van der Waals surface area (Å²) < 4.78 is 92.4. The third-order valence-corrected chi connectivity index (χ3v) is 7.63. The summed E-state index contributed by atoms with van der Waals surface area (Å²) in [4.78, 5) is 0. The molecule has 0 fully saturated rings. The third kappa shape index (κ3) is 6.94. The van der Waals surface area contributed by atoms with E-state index >= 15 is 4.39 Å². The molecule has 0 amide bonds. The Kier molecular flexibility index (Phi) is 9.35. The van der Waals surface area contributed by atoms with Crippen molar-refractivity contribution < 1.29 is 31.1 Å². The Bertz CT molecular complexity index is 1740. The first-order valence-corrected chi connectivity index (χ1v) is 14.4. The molecule has 5 aromatic rings. The SMILES string of the molecule is CCCCCc1ccc(-c2ccc(-c3ccc(-c4cc(F)c(C(F)(F)Oc5ccc(Cl)c(F)c5)c(F)c4)c(F)c3)cc2)cc1. The number of alkyl halides is 2. The lowest BCUT2D eigenvalue weighted by molar-refractivity contribution is -0.189. The van der Waals surface area contributed by atoms with Gasteiger partial charge in [-0.3, -0.25) is 0 Å². The first-order chi connectivity index (χ1) is 21.1. The highest BCUT2D eigenvalue weighted by Crippen LogP contribution is 2.38. The Labute approximate surface area is 256 Å². The van der Waals surface area contributed by atoms with Crippen LogP contribution >= 0.6 is 11.6 Å². The van der Waals surface area contributed by atoms with E-state index in [1.165, 1.54) is 30.5 Å². The van der Waals surface area contributed by atoms with Gasteiger partial charge >= 0.3 is 6.11 Å². The molecular weight excluding hydrogens is 598 g/mol. The molecule has 1 nitrogen and oxygen atoms in total. The molecular formula is C36H27ClF6O. The van der Waals surface area contributed by atoms with Crippen molar-refractivity contribution in [2.75, 3.05) is 0 Å². The van der Waals surface area contributed by atoms with Crippen LogP contribution in [0.15, 0.2) is 97.1 Å². The van der Waals surface area contributed by atoms with E-state index in [0.29, 0.717) is 23.8 Å². The maximum Gasteiger partial charge on any atom is 0.432 e. The zero-order valence-corrected chi connectivity index (χ0v) is 24.4. The maximum absolute atomic E-state index is 15.2. The molecule has 0 saturated carbocycles. The second-order valence-electron chi connectivity index (χ2n) is 10.4. The highest BCUT2D eigenvalue weighted by molar-refractivity contribution is 6.30. The Hall–Kier alpha value is -4.23. The standard InChI is InChI=1S/C36H27ClF6O/c1-2-3-4-5-22-6-8-23(9-7-22)24-10-12-25(13-11-24)26-14-16-29(31(38)18-26)27-19-33(40)35(34(41)20-27)36(42,43)44-28-15-17-30(37)32(39)21-28/h6-21H,2-5H2,1H3. The molecule has 5 rings (SSSR count). The number of benzene rings is 5. The molecule has 0 heterocycles. The highest BCUT2D eigenvalue weighted by Gasteiger charge is 2.41. The van der Waals surface area contributed by atoms with Gasteiger partial charge in [-0.05, 0) is 76.6 Å². The van der Waals surface area contributed by atoms with Crippen molar-refractivity contribution >= 4 is 11.6 Å². The molecule has 0 unspecified atom stereocenters. The van der Waals surface area contributed by atoms with Gasteiger partial charge in [0.05, 0.1) is 5.02 Å². The van der Waals surface area contributed by atoms with Crippen LogP contribution in [0.25, 0.3) is 33.4 Å². The van der Waals surface area contributed by atoms with E-state index in [9.17, 15) is 22.0 Å². The van der Waals surface area contributed by atoms with Crippen LogP contribution in [-0.4, -0.2) is 0 Å². The number of unbranched alkanes of at least 4 members (excludes halogenated alkanes) is 2. The lowest BCUT2D eigenvalue weighted by Gasteiger charge is -2.20. The van der Waals surface area contributed by atoms with Crippen LogP contribution in [0.4, 0.5) is 26.3 Å². The maximum atomic E-state index is 15.2. The van der Waals surface area contributed by atoms with Crippen molar-refractivity contribution in [1.82, 2.24) is 0 Å². The molecule has 0 aromatic heterocycles. The fourth-order valence-electron chi connectivity index (χ4n) is 4.97. The molecule has 0 spiro atoms. The summed E-state index contributed by atoms with van der Waals surface area (Å²) in [6.07, 6.45) is 0.0865. The van der Waals surface area contributed by atoms with E-state index in [2.05, 4.69) is 35.9 Å². The molecule has 0 radical (unpaired) electrons. The van der Waals surface area contributed by atoms with Crippen molar-refractivity contribution in [3.05, 3.63) is 136 Å². The predicted octanol–water partition coefficient (Wildman–Crippen LogP) is 11.8. The second kappa shape index (κ2) is 13.2. The lowest BCUT2D eigenvalue weighted by Crippen LogP contribution is -2.25. The minimum Gasteiger partial charge on any atom is -0.429 e. The average molecular weight is 625 g/mol. The lowest BCUT2D eigenvalue weighted by atomic mass is 9.96. The number of ether oxygens (including phenoxy) is 1. The zero-order valence-electron chi connectivity index (χ0n) is 23.6. The van der Waals surface area contributed by atoms with E-state index in [0.717, 1.165) is 41.7 Å². The average Bonchev–Trinajstić information content (AvgIpc) is 2.99. The number of halogens is 7. The molecule has 226 valence electrons. The second-order valence-corrected chi connectivity index (χ2v) is 10.8. The molecule has 0 N–H and O–H groups in total. The molecule has 5 aromatic carbocycles. The monoisotopic (exact) mass is 624 g/mol. The van der Waals surface area contributed by atoms with Gasteiger partial charge in [-0.1, -0.05) is 92.0 Å². The number of hydrogen-bond donors (Lipinski definition) is 0. The van der Waals surface area contributed by atoms with E-state index in [4.69, 9.17) is 11.6 Å². The summed E-state index contributed by atoms with van der Waals surface area (Å²) in [5, 5.41) is -0.342. The summed E-state index contributed by atoms with van der Waals surface area (Å²) in [6.45, 7) is 2.18. The van der Waals surface area contributed by atoms with Gasteiger partial charge in [0.15, 0.2) is 0 Å². The largest absolute Gasteiger partial charge is 0.432 e. The zero-order chi connectivity index (χ0) is 31.4. The van der Waals surface area contributed by atoms with Crippen LogP contribution in [0, 0.1) is 23.3 Å². The van der Waals surface area contributed by atoms with E-state index in [1.807, 2.05) is 24.3 Å². The van der Waals surface area contributed by atoms with Crippen molar-refractivity contribution in [1.29, 1.82) is 0 Å². The molecule has 0 aliphatic carbocycles. The number of hydrogen-bond acceptors (Lipinski definition) is 1. The van der Waals surface area contributed by atoms with Crippen LogP contribution in [0.1, 0.15) is 37.3 Å². The summed E-state index contributed by atoms with van der Waals surface area (Å²) in [6, 6.07) is 23.7. The fourth-order valence-corrected chi connectivity index (χ4v) is 5.09. The third-order valence-electron chi connectivity index (χ3n) is 7.32. The molecule has 44 heavy (non-hydrogen) atoms. The summed E-state index contributed by atoms with van der Waals surface area (Å²) in [5.41, 5.74) is 2.43. The highest BCUT2D eigenvalue weighted by atomic mass is 35.5. The number of aryl methyl sites for hydroxylation is 1. The normalized spacial score (nSPS) is 11.5. The molecule has 0 atom stereocenters. The summed E-state index contributed by atoms with van der Waals surface area (Å²) in [5.74, 6) is -5.85. The van der Waals surface area contributed by atoms with Crippen LogP contribution in [0.3, 0.4) is 0 Å². The first kappa shape index (κ1) is 31.2. The Morgan fingerprint density at radius 2 is 1.14 bits per heavy atom. The Balaban J connectivity index is 1.34. The minimum absolute atomic E-state index is 0.183. The van der Waals surface area contributed by atoms with Gasteiger partial charge in [-0.15, -0.1) is 0 Å². The van der Waals surface area contributed by atoms with Crippen molar-refractivity contribution in [3.63, 3.8) is 0 Å². The topological polar surface area (TPSA) is 9.23 Å². The smallest absolute Gasteiger partial charge is 0.429 e. The van der Waals surface area contributed by atoms with Crippen LogP contribution in [0.5, 0.6) is 5.75 Å². The van der Waals surface area contributed by atoms with Gasteiger partial charge in [-0.25, -0.2) is 17.6 Å². The molecule has 0 aliphatic heterocycles. The van der Waals surface area contributed by atoms with Crippen LogP contribution in [0.2, 0.25) is 5.02 Å². The van der Waals surface area contributed by atoms with Crippen molar-refractivity contribution in [3.8, 4) is 39.1 Å². The van der Waals surface area contributed by atoms with Gasteiger partial charge in [0.1, 0.15) is 34.6 Å². The van der Waals surface area contributed by atoms with Gasteiger partial charge in [0.2, 0.25) is 0 Å². The summed E-state index contributed by atoms with van der Waals surface area (Å²) >= 11 is 5.53. The van der Waals surface area contributed by atoms with Gasteiger partial charge in [0, 0.05) is 11.6 Å². The van der Waals surface area contributed by atoms with E-state index in [-0.39, 0.29) is 16.1 Å². The minimum atomic E-state index is -4.50. The fraction of sp³-hybridized carbons (Fsp3) is 0.167. The van der Waals surface area contributed by atoms with E-state index < -0.39 is 40.7 Å². The van der Waals surface area contributed by atoms with Crippen molar-refractivity contribution in [2.45, 2.75) is 38.7 Å². The van der Waals surface area contributed by atoms with Gasteiger partial charge in [-0.2, -0.15) is 8.78 Å². The molecule has 0 aliphatic rings. The molecule has 8 heteroatoms. The molecule has 0 saturated heterocycles. The molecule has 0 bridgehead atoms. The van der Waals surface area contributed by atoms with Crippen LogP contribution in [-0.2, 0) is 12.5 Å².